The number of carbonyl (C=O) groups is 4. The average molecular weight is 842 g/mol. The van der Waals surface area contributed by atoms with Gasteiger partial charge in [-0.25, -0.2) is 0 Å². The minimum atomic E-state index is -0.703. The van der Waals surface area contributed by atoms with Gasteiger partial charge in [-0.1, -0.05) is 149 Å². The normalized spacial score (nSPS) is 16.7. The summed E-state index contributed by atoms with van der Waals surface area (Å²) in [6.45, 7) is 18.9. The Kier molecular flexibility index (Phi) is 19.4. The second-order valence-corrected chi connectivity index (χ2v) is 20.8. The van der Waals surface area contributed by atoms with Crippen molar-refractivity contribution in [3.8, 4) is 0 Å². The summed E-state index contributed by atoms with van der Waals surface area (Å²) in [5, 5.41) is 15.1. The fourth-order valence-electron chi connectivity index (χ4n) is 8.39. The SMILES string of the molecule is CC[C@@H](C)C(NC(=O)C(CCC(CC1CCCCC1)NC(=O)[C@@H](NC(=O)[C@@H](CSC(C)(C)C)Cc1cccc2ccccc12)C(C)C)C(C)C)C(=O)NCc1ccccn1. The molecule has 1 aliphatic carbocycles. The maximum atomic E-state index is 14.4. The molecule has 4 N–H and O–H groups in total. The number of nitrogens with one attached hydrogen (secondary N) is 4. The van der Waals surface area contributed by atoms with Gasteiger partial charge in [0.15, 0.2) is 0 Å². The third-order valence-corrected chi connectivity index (χ3v) is 13.7. The summed E-state index contributed by atoms with van der Waals surface area (Å²) in [7, 11) is 0. The number of nitrogens with zero attached hydrogens (tertiary/aromatic N) is 1. The summed E-state index contributed by atoms with van der Waals surface area (Å²) in [5.74, 6) is -0.327. The maximum absolute atomic E-state index is 14.4. The van der Waals surface area contributed by atoms with Gasteiger partial charge in [-0.05, 0) is 77.8 Å². The summed E-state index contributed by atoms with van der Waals surface area (Å²) in [5.41, 5.74) is 1.89. The van der Waals surface area contributed by atoms with E-state index in [2.05, 4.69) is 91.2 Å². The van der Waals surface area contributed by atoms with E-state index < -0.39 is 12.1 Å². The molecule has 0 aliphatic heterocycles. The number of hydrogen-bond acceptors (Lipinski definition) is 6. The van der Waals surface area contributed by atoms with E-state index in [-0.39, 0.29) is 70.6 Å². The molecule has 9 nitrogen and oxygen atoms in total. The molecule has 0 bridgehead atoms. The molecule has 1 aromatic heterocycles. The van der Waals surface area contributed by atoms with Crippen molar-refractivity contribution in [1.82, 2.24) is 26.3 Å². The lowest BCUT2D eigenvalue weighted by Gasteiger charge is -2.32. The number of pyridine rings is 1. The van der Waals surface area contributed by atoms with E-state index in [1.807, 2.05) is 58.0 Å². The van der Waals surface area contributed by atoms with Gasteiger partial charge in [-0.3, -0.25) is 24.2 Å². The van der Waals surface area contributed by atoms with Crippen molar-refractivity contribution in [3.05, 3.63) is 78.1 Å². The van der Waals surface area contributed by atoms with Gasteiger partial charge in [0.25, 0.3) is 0 Å². The van der Waals surface area contributed by atoms with Gasteiger partial charge in [0.1, 0.15) is 12.1 Å². The van der Waals surface area contributed by atoms with E-state index in [9.17, 15) is 19.2 Å². The highest BCUT2D eigenvalue weighted by Gasteiger charge is 2.34. The predicted molar refractivity (Wildman–Crippen MR) is 248 cm³/mol. The molecular formula is C50H75N5O4S. The summed E-state index contributed by atoms with van der Waals surface area (Å²) < 4.78 is -0.0230. The van der Waals surface area contributed by atoms with Crippen LogP contribution in [0.2, 0.25) is 0 Å². The average Bonchev–Trinajstić information content (AvgIpc) is 3.22. The van der Waals surface area contributed by atoms with Crippen molar-refractivity contribution < 1.29 is 19.2 Å². The topological polar surface area (TPSA) is 129 Å². The van der Waals surface area contributed by atoms with E-state index in [0.717, 1.165) is 47.7 Å². The summed E-state index contributed by atoms with van der Waals surface area (Å²) >= 11 is 1.77. The first kappa shape index (κ1) is 48.7. The van der Waals surface area contributed by atoms with Gasteiger partial charge in [-0.2, -0.15) is 11.8 Å². The highest BCUT2D eigenvalue weighted by Crippen LogP contribution is 2.31. The van der Waals surface area contributed by atoms with Crippen molar-refractivity contribution in [2.75, 3.05) is 5.75 Å². The summed E-state index contributed by atoms with van der Waals surface area (Å²) in [4.78, 5) is 60.6. The highest BCUT2D eigenvalue weighted by molar-refractivity contribution is 8.00. The van der Waals surface area contributed by atoms with E-state index in [1.54, 1.807) is 18.0 Å². The fraction of sp³-hybridized carbons (Fsp3) is 0.620. The van der Waals surface area contributed by atoms with Crippen molar-refractivity contribution in [3.63, 3.8) is 0 Å². The molecule has 6 atom stereocenters. The number of hydrogen-bond donors (Lipinski definition) is 4. The van der Waals surface area contributed by atoms with Crippen molar-refractivity contribution in [1.29, 1.82) is 0 Å². The zero-order valence-electron chi connectivity index (χ0n) is 38.0. The minimum absolute atomic E-state index is 0.0230. The third kappa shape index (κ3) is 15.5. The summed E-state index contributed by atoms with van der Waals surface area (Å²) in [6.07, 6.45) is 10.9. The van der Waals surface area contributed by atoms with Crippen LogP contribution in [0.3, 0.4) is 0 Å². The van der Waals surface area contributed by atoms with Crippen LogP contribution >= 0.6 is 11.8 Å². The highest BCUT2D eigenvalue weighted by atomic mass is 32.2. The van der Waals surface area contributed by atoms with E-state index >= 15 is 0 Å². The molecule has 3 unspecified atom stereocenters. The molecule has 1 saturated carbocycles. The van der Waals surface area contributed by atoms with Crippen molar-refractivity contribution >= 4 is 46.2 Å². The molecule has 1 fully saturated rings. The van der Waals surface area contributed by atoms with E-state index in [1.165, 1.54) is 19.3 Å². The number of carbonyl (C=O) groups excluding carboxylic acids is 4. The molecular weight excluding hydrogens is 767 g/mol. The largest absolute Gasteiger partial charge is 0.352 e. The van der Waals surface area contributed by atoms with Gasteiger partial charge in [0.2, 0.25) is 23.6 Å². The molecule has 4 amide bonds. The summed E-state index contributed by atoms with van der Waals surface area (Å²) in [6, 6.07) is 18.6. The van der Waals surface area contributed by atoms with Crippen LogP contribution in [0.4, 0.5) is 0 Å². The Labute approximate surface area is 365 Å². The third-order valence-electron chi connectivity index (χ3n) is 12.3. The van der Waals surface area contributed by atoms with Gasteiger partial charge < -0.3 is 21.3 Å². The fourth-order valence-corrected chi connectivity index (χ4v) is 9.36. The zero-order valence-corrected chi connectivity index (χ0v) is 38.8. The van der Waals surface area contributed by atoms with Crippen LogP contribution in [0.1, 0.15) is 131 Å². The quantitative estimate of drug-likeness (QED) is 0.0798. The standard InChI is InChI=1S/C50H75N5O4S/c1-10-35(6)45(48(58)52-31-41-24-16-17-28-51-41)55-47(57)42(33(2)3)27-26-40(29-36-19-12-11-13-20-36)53-49(59)44(34(4)5)54-46(56)39(32-60-50(7,8)9)30-38-23-18-22-37-21-14-15-25-43(37)38/h14-18,21-25,28,33-36,39-40,42,44-45H,10-13,19-20,26-27,29-32H2,1-9H3,(H,52,58)(H,53,59)(H,54,56)(H,55,57)/t35-,39-,40?,42?,44+,45?/m1/s1. The Morgan fingerprint density at radius 2 is 1.43 bits per heavy atom. The molecule has 0 saturated heterocycles. The zero-order chi connectivity index (χ0) is 43.8. The molecule has 2 aromatic carbocycles. The van der Waals surface area contributed by atoms with Crippen LogP contribution in [0, 0.1) is 35.5 Å². The Bertz CT molecular complexity index is 1800. The Balaban J connectivity index is 1.49. The number of rotatable bonds is 22. The number of fused-ring (bicyclic) bond motifs is 1. The minimum Gasteiger partial charge on any atom is -0.352 e. The first-order chi connectivity index (χ1) is 28.6. The molecule has 330 valence electrons. The monoisotopic (exact) mass is 842 g/mol. The first-order valence-electron chi connectivity index (χ1n) is 22.8. The van der Waals surface area contributed by atoms with Gasteiger partial charge in [-0.15, -0.1) is 0 Å². The van der Waals surface area contributed by atoms with Crippen LogP contribution in [0.15, 0.2) is 66.9 Å². The van der Waals surface area contributed by atoms with Crippen LogP contribution in [-0.4, -0.2) is 57.2 Å². The molecule has 4 rings (SSSR count). The second-order valence-electron chi connectivity index (χ2n) is 19.0. The van der Waals surface area contributed by atoms with Crippen LogP contribution in [0.5, 0.6) is 0 Å². The van der Waals surface area contributed by atoms with Crippen molar-refractivity contribution in [2.45, 2.75) is 156 Å². The number of thioether (sulfide) groups is 1. The lowest BCUT2D eigenvalue weighted by molar-refractivity contribution is -0.133. The number of amides is 4. The number of benzene rings is 2. The van der Waals surface area contributed by atoms with Crippen LogP contribution in [-0.2, 0) is 32.1 Å². The molecule has 1 aliphatic rings. The van der Waals surface area contributed by atoms with Gasteiger partial charge in [0.05, 0.1) is 18.2 Å². The Hall–Kier alpha value is -3.92. The van der Waals surface area contributed by atoms with Crippen LogP contribution in [0.25, 0.3) is 10.8 Å². The lowest BCUT2D eigenvalue weighted by atomic mass is 9.82. The van der Waals surface area contributed by atoms with E-state index in [0.29, 0.717) is 30.9 Å². The first-order valence-corrected chi connectivity index (χ1v) is 23.7. The lowest BCUT2D eigenvalue weighted by Crippen LogP contribution is -2.54. The molecule has 10 heteroatoms. The van der Waals surface area contributed by atoms with Crippen LogP contribution < -0.4 is 21.3 Å². The Morgan fingerprint density at radius 1 is 0.750 bits per heavy atom. The number of aromatic nitrogens is 1. The van der Waals surface area contributed by atoms with Gasteiger partial charge >= 0.3 is 0 Å². The maximum Gasteiger partial charge on any atom is 0.243 e. The molecule has 60 heavy (non-hydrogen) atoms. The van der Waals surface area contributed by atoms with Gasteiger partial charge in [0, 0.05) is 28.7 Å². The van der Waals surface area contributed by atoms with E-state index in [4.69, 9.17) is 0 Å². The Morgan fingerprint density at radius 3 is 2.08 bits per heavy atom. The predicted octanol–water partition coefficient (Wildman–Crippen LogP) is 9.42. The molecule has 1 heterocycles. The molecule has 0 radical (unpaired) electrons. The van der Waals surface area contributed by atoms with Crippen molar-refractivity contribution in [2.24, 2.45) is 35.5 Å². The second kappa shape index (κ2) is 23.9. The molecule has 0 spiro atoms. The molecule has 3 aromatic rings. The smallest absolute Gasteiger partial charge is 0.243 e.